The van der Waals surface area contributed by atoms with E-state index in [-0.39, 0.29) is 0 Å². The van der Waals surface area contributed by atoms with Crippen LogP contribution in [0.3, 0.4) is 0 Å². The Morgan fingerprint density at radius 3 is 2.93 bits per heavy atom. The summed E-state index contributed by atoms with van der Waals surface area (Å²) in [4.78, 5) is 4.16. The molecule has 14 heavy (non-hydrogen) atoms. The van der Waals surface area contributed by atoms with Gasteiger partial charge in [0.1, 0.15) is 11.3 Å². The molecule has 2 rings (SSSR count). The van der Waals surface area contributed by atoms with Gasteiger partial charge in [0, 0.05) is 18.7 Å². The van der Waals surface area contributed by atoms with E-state index in [2.05, 4.69) is 4.98 Å². The molecule has 1 N–H and O–H groups in total. The molecule has 0 aliphatic carbocycles. The van der Waals surface area contributed by atoms with Gasteiger partial charge in [0.25, 0.3) is 0 Å². The number of furan rings is 1. The van der Waals surface area contributed by atoms with Crippen LogP contribution in [0.1, 0.15) is 19.6 Å². The molecule has 0 aliphatic heterocycles. The topological polar surface area (TPSA) is 46.3 Å². The van der Waals surface area contributed by atoms with Gasteiger partial charge in [-0.2, -0.15) is 0 Å². The highest BCUT2D eigenvalue weighted by atomic mass is 16.3. The molecule has 0 saturated heterocycles. The molecule has 0 spiro atoms. The molecule has 0 atom stereocenters. The van der Waals surface area contributed by atoms with Crippen molar-refractivity contribution < 1.29 is 9.52 Å². The lowest BCUT2D eigenvalue weighted by Crippen LogP contribution is -2.21. The average molecular weight is 191 g/mol. The van der Waals surface area contributed by atoms with E-state index < -0.39 is 5.60 Å². The minimum Gasteiger partial charge on any atom is -0.459 e. The van der Waals surface area contributed by atoms with Crippen LogP contribution >= 0.6 is 0 Å². The summed E-state index contributed by atoms with van der Waals surface area (Å²) >= 11 is 0. The lowest BCUT2D eigenvalue weighted by atomic mass is 10.0. The Bertz CT molecular complexity index is 407. The van der Waals surface area contributed by atoms with Crippen molar-refractivity contribution in [2.45, 2.75) is 25.9 Å². The van der Waals surface area contributed by atoms with Gasteiger partial charge in [0.05, 0.1) is 5.60 Å². The SMILES string of the molecule is CC(C)(O)Cc1cc2ncccc2o1. The van der Waals surface area contributed by atoms with Gasteiger partial charge in [-0.15, -0.1) is 0 Å². The molecule has 0 aliphatic rings. The molecule has 2 heterocycles. The third kappa shape index (κ3) is 1.93. The van der Waals surface area contributed by atoms with E-state index >= 15 is 0 Å². The van der Waals surface area contributed by atoms with Crippen molar-refractivity contribution in [2.75, 3.05) is 0 Å². The van der Waals surface area contributed by atoms with Crippen molar-refractivity contribution in [3.05, 3.63) is 30.2 Å². The molecule has 0 aromatic carbocycles. The Balaban J connectivity index is 2.36. The fourth-order valence-corrected chi connectivity index (χ4v) is 1.43. The number of hydrogen-bond acceptors (Lipinski definition) is 3. The zero-order valence-corrected chi connectivity index (χ0v) is 8.32. The zero-order chi connectivity index (χ0) is 10.2. The highest BCUT2D eigenvalue weighted by Gasteiger charge is 2.16. The second kappa shape index (κ2) is 3.10. The number of pyridine rings is 1. The van der Waals surface area contributed by atoms with Crippen LogP contribution in [0.2, 0.25) is 0 Å². The van der Waals surface area contributed by atoms with Crippen molar-refractivity contribution in [3.63, 3.8) is 0 Å². The molecule has 0 saturated carbocycles. The van der Waals surface area contributed by atoms with Gasteiger partial charge in [-0.25, -0.2) is 0 Å². The van der Waals surface area contributed by atoms with Crippen LogP contribution in [0.15, 0.2) is 28.8 Å². The van der Waals surface area contributed by atoms with Gasteiger partial charge < -0.3 is 9.52 Å². The van der Waals surface area contributed by atoms with Crippen molar-refractivity contribution in [2.24, 2.45) is 0 Å². The third-order valence-corrected chi connectivity index (χ3v) is 1.95. The Hall–Kier alpha value is -1.35. The normalized spacial score (nSPS) is 12.2. The van der Waals surface area contributed by atoms with Crippen molar-refractivity contribution in [1.82, 2.24) is 4.98 Å². The summed E-state index contributed by atoms with van der Waals surface area (Å²) in [5.74, 6) is 0.770. The van der Waals surface area contributed by atoms with Gasteiger partial charge >= 0.3 is 0 Å². The minimum absolute atomic E-state index is 0.503. The quantitative estimate of drug-likeness (QED) is 0.791. The molecule has 0 unspecified atom stereocenters. The van der Waals surface area contributed by atoms with Crippen LogP contribution in [0, 0.1) is 0 Å². The molecule has 2 aromatic rings. The van der Waals surface area contributed by atoms with E-state index in [9.17, 15) is 5.11 Å². The van der Waals surface area contributed by atoms with Crippen molar-refractivity contribution >= 4 is 11.1 Å². The van der Waals surface area contributed by atoms with Crippen molar-refractivity contribution in [1.29, 1.82) is 0 Å². The Morgan fingerprint density at radius 2 is 2.29 bits per heavy atom. The van der Waals surface area contributed by atoms with Crippen LogP contribution in [0.25, 0.3) is 11.1 Å². The molecule has 3 nitrogen and oxygen atoms in total. The Morgan fingerprint density at radius 1 is 1.50 bits per heavy atom. The van der Waals surface area contributed by atoms with Crippen LogP contribution in [-0.4, -0.2) is 15.7 Å². The van der Waals surface area contributed by atoms with Gasteiger partial charge in [0.2, 0.25) is 0 Å². The first-order chi connectivity index (χ1) is 6.54. The Labute approximate surface area is 82.4 Å². The molecule has 2 aromatic heterocycles. The van der Waals surface area contributed by atoms with Crippen LogP contribution in [-0.2, 0) is 6.42 Å². The molecular weight excluding hydrogens is 178 g/mol. The summed E-state index contributed by atoms with van der Waals surface area (Å²) in [5.41, 5.74) is 0.868. The maximum atomic E-state index is 9.62. The van der Waals surface area contributed by atoms with Gasteiger partial charge in [-0.1, -0.05) is 0 Å². The van der Waals surface area contributed by atoms with Crippen LogP contribution in [0.5, 0.6) is 0 Å². The summed E-state index contributed by atoms with van der Waals surface area (Å²) in [6.07, 6.45) is 2.23. The van der Waals surface area contributed by atoms with Gasteiger partial charge in [-0.05, 0) is 26.0 Å². The second-order valence-corrected chi connectivity index (χ2v) is 4.09. The molecule has 3 heteroatoms. The molecule has 0 radical (unpaired) electrons. The van der Waals surface area contributed by atoms with E-state index in [1.54, 1.807) is 20.0 Å². The summed E-state index contributed by atoms with van der Waals surface area (Å²) in [7, 11) is 0. The number of fused-ring (bicyclic) bond motifs is 1. The summed E-state index contributed by atoms with van der Waals surface area (Å²) in [5, 5.41) is 9.62. The molecular formula is C11H13NO2. The van der Waals surface area contributed by atoms with E-state index in [0.717, 1.165) is 16.9 Å². The van der Waals surface area contributed by atoms with Crippen molar-refractivity contribution in [3.8, 4) is 0 Å². The minimum atomic E-state index is -0.742. The number of hydrogen-bond donors (Lipinski definition) is 1. The summed E-state index contributed by atoms with van der Waals surface area (Å²) in [6, 6.07) is 5.57. The fourth-order valence-electron chi connectivity index (χ4n) is 1.43. The smallest absolute Gasteiger partial charge is 0.152 e. The van der Waals surface area contributed by atoms with E-state index in [1.807, 2.05) is 18.2 Å². The molecule has 0 bridgehead atoms. The number of rotatable bonds is 2. The first kappa shape index (κ1) is 9.21. The van der Waals surface area contributed by atoms with E-state index in [1.165, 1.54) is 0 Å². The molecule has 0 amide bonds. The highest BCUT2D eigenvalue weighted by molar-refractivity contribution is 5.72. The zero-order valence-electron chi connectivity index (χ0n) is 8.32. The standard InChI is InChI=1S/C11H13NO2/c1-11(2,13)7-8-6-9-10(14-8)4-3-5-12-9/h3-6,13H,7H2,1-2H3. The third-order valence-electron chi connectivity index (χ3n) is 1.95. The van der Waals surface area contributed by atoms with E-state index in [0.29, 0.717) is 6.42 Å². The highest BCUT2D eigenvalue weighted by Crippen LogP contribution is 2.20. The largest absolute Gasteiger partial charge is 0.459 e. The van der Waals surface area contributed by atoms with Gasteiger partial charge in [0.15, 0.2) is 5.58 Å². The van der Waals surface area contributed by atoms with E-state index in [4.69, 9.17) is 4.42 Å². The van der Waals surface area contributed by atoms with Gasteiger partial charge in [-0.3, -0.25) is 4.98 Å². The molecule has 0 fully saturated rings. The predicted molar refractivity (Wildman–Crippen MR) is 54.0 cm³/mol. The monoisotopic (exact) mass is 191 g/mol. The first-order valence-corrected chi connectivity index (χ1v) is 4.60. The summed E-state index contributed by atoms with van der Waals surface area (Å²) < 4.78 is 5.52. The first-order valence-electron chi connectivity index (χ1n) is 4.60. The maximum Gasteiger partial charge on any atom is 0.152 e. The lowest BCUT2D eigenvalue weighted by molar-refractivity contribution is 0.0757. The summed E-state index contributed by atoms with van der Waals surface area (Å²) in [6.45, 7) is 3.52. The Kier molecular flexibility index (Phi) is 2.04. The second-order valence-electron chi connectivity index (χ2n) is 4.09. The number of aromatic nitrogens is 1. The maximum absolute atomic E-state index is 9.62. The number of nitrogens with zero attached hydrogens (tertiary/aromatic N) is 1. The lowest BCUT2D eigenvalue weighted by Gasteiger charge is -2.14. The molecule has 74 valence electrons. The van der Waals surface area contributed by atoms with Crippen LogP contribution in [0.4, 0.5) is 0 Å². The van der Waals surface area contributed by atoms with Crippen LogP contribution < -0.4 is 0 Å². The predicted octanol–water partition coefficient (Wildman–Crippen LogP) is 2.14. The average Bonchev–Trinajstić information content (AvgIpc) is 2.42. The number of aliphatic hydroxyl groups is 1. The fraction of sp³-hybridized carbons (Fsp3) is 0.364.